The minimum absolute atomic E-state index is 0.222. The van der Waals surface area contributed by atoms with Gasteiger partial charge >= 0.3 is 5.63 Å². The number of benzene rings is 2. The second-order valence-electron chi connectivity index (χ2n) is 7.11. The predicted molar refractivity (Wildman–Crippen MR) is 106 cm³/mol. The molecule has 3 N–H and O–H groups in total. The Hall–Kier alpha value is -2.63. The number of nitrogens with one attached hydrogen (secondary N) is 1. The fraction of sp³-hybridized carbons (Fsp3) is 0.318. The zero-order valence-corrected chi connectivity index (χ0v) is 15.1. The van der Waals surface area contributed by atoms with Crippen LogP contribution in [0.25, 0.3) is 22.1 Å². The highest BCUT2D eigenvalue weighted by molar-refractivity contribution is 5.84. The van der Waals surface area contributed by atoms with Gasteiger partial charge in [-0.3, -0.25) is 0 Å². The number of hydrogen-bond donors (Lipinski definition) is 3. The molecule has 1 aliphatic rings. The zero-order valence-electron chi connectivity index (χ0n) is 15.1. The van der Waals surface area contributed by atoms with E-state index < -0.39 is 6.10 Å². The first kappa shape index (κ1) is 17.8. The van der Waals surface area contributed by atoms with Crippen LogP contribution in [0.2, 0.25) is 0 Å². The van der Waals surface area contributed by atoms with Crippen molar-refractivity contribution < 1.29 is 14.6 Å². The molecule has 0 radical (unpaired) electrons. The molecule has 140 valence electrons. The van der Waals surface area contributed by atoms with Crippen molar-refractivity contribution >= 4 is 16.7 Å². The van der Waals surface area contributed by atoms with Crippen molar-refractivity contribution in [3.8, 4) is 11.1 Å². The zero-order chi connectivity index (χ0) is 18.8. The van der Waals surface area contributed by atoms with Crippen LogP contribution in [0.3, 0.4) is 0 Å². The Morgan fingerprint density at radius 3 is 2.67 bits per heavy atom. The van der Waals surface area contributed by atoms with Crippen molar-refractivity contribution in [3.63, 3.8) is 0 Å². The number of aliphatic hydroxyl groups is 2. The lowest BCUT2D eigenvalue weighted by Crippen LogP contribution is -2.22. The summed E-state index contributed by atoms with van der Waals surface area (Å²) in [6.45, 7) is -0.0841. The van der Waals surface area contributed by atoms with E-state index in [0.717, 1.165) is 29.5 Å². The molecule has 5 nitrogen and oxygen atoms in total. The Labute approximate surface area is 157 Å². The summed E-state index contributed by atoms with van der Waals surface area (Å²) in [5.74, 6) is 0. The number of fused-ring (bicyclic) bond motifs is 2. The summed E-state index contributed by atoms with van der Waals surface area (Å²) in [6.07, 6.45) is 3.78. The van der Waals surface area contributed by atoms with E-state index in [0.29, 0.717) is 11.1 Å². The van der Waals surface area contributed by atoms with Gasteiger partial charge in [0.25, 0.3) is 0 Å². The van der Waals surface area contributed by atoms with Gasteiger partial charge in [-0.2, -0.15) is 0 Å². The number of anilines is 1. The van der Waals surface area contributed by atoms with E-state index in [1.54, 1.807) is 6.07 Å². The van der Waals surface area contributed by atoms with Crippen molar-refractivity contribution in [2.75, 3.05) is 18.5 Å². The van der Waals surface area contributed by atoms with E-state index in [1.807, 2.05) is 24.3 Å². The molecular formula is C22H23NO4. The molecule has 1 aliphatic carbocycles. The summed E-state index contributed by atoms with van der Waals surface area (Å²) in [4.78, 5) is 12.6. The quantitative estimate of drug-likeness (QED) is 0.605. The molecule has 0 saturated carbocycles. The van der Waals surface area contributed by atoms with Gasteiger partial charge in [0.15, 0.2) is 0 Å². The topological polar surface area (TPSA) is 82.7 Å². The van der Waals surface area contributed by atoms with E-state index in [4.69, 9.17) is 9.52 Å². The molecule has 1 aromatic heterocycles. The molecule has 2 aromatic carbocycles. The molecule has 0 bridgehead atoms. The minimum atomic E-state index is -0.834. The van der Waals surface area contributed by atoms with Gasteiger partial charge in [-0.05, 0) is 60.6 Å². The summed E-state index contributed by atoms with van der Waals surface area (Å²) in [7, 11) is 0. The van der Waals surface area contributed by atoms with Crippen molar-refractivity contribution in [3.05, 3.63) is 64.0 Å². The fourth-order valence-corrected chi connectivity index (χ4v) is 3.62. The fourth-order valence-electron chi connectivity index (χ4n) is 3.62. The minimum Gasteiger partial charge on any atom is -0.422 e. The highest BCUT2D eigenvalue weighted by Crippen LogP contribution is 2.28. The molecular weight excluding hydrogens is 342 g/mol. The van der Waals surface area contributed by atoms with Gasteiger partial charge in [-0.15, -0.1) is 0 Å². The van der Waals surface area contributed by atoms with E-state index in [9.17, 15) is 9.90 Å². The number of aliphatic hydroxyl groups excluding tert-OH is 2. The maximum atomic E-state index is 12.6. The van der Waals surface area contributed by atoms with Crippen LogP contribution < -0.4 is 10.9 Å². The summed E-state index contributed by atoms with van der Waals surface area (Å²) in [6, 6.07) is 13.6. The van der Waals surface area contributed by atoms with Gasteiger partial charge < -0.3 is 19.9 Å². The molecule has 0 fully saturated rings. The number of rotatable bonds is 5. The van der Waals surface area contributed by atoms with Gasteiger partial charge in [0.05, 0.1) is 18.3 Å². The molecule has 3 aromatic rings. The van der Waals surface area contributed by atoms with Gasteiger partial charge in [0.1, 0.15) is 5.58 Å². The van der Waals surface area contributed by atoms with E-state index in [-0.39, 0.29) is 18.8 Å². The highest BCUT2D eigenvalue weighted by Gasteiger charge is 2.13. The number of hydrogen-bond acceptors (Lipinski definition) is 5. The van der Waals surface area contributed by atoms with Crippen molar-refractivity contribution in [2.45, 2.75) is 31.8 Å². The third-order valence-electron chi connectivity index (χ3n) is 5.15. The molecule has 0 amide bonds. The first-order chi connectivity index (χ1) is 13.1. The van der Waals surface area contributed by atoms with E-state index in [1.165, 1.54) is 24.0 Å². The molecule has 1 unspecified atom stereocenters. The lowest BCUT2D eigenvalue weighted by Gasteiger charge is -2.16. The summed E-state index contributed by atoms with van der Waals surface area (Å²) in [5, 5.41) is 22.2. The van der Waals surface area contributed by atoms with Crippen molar-refractivity contribution in [1.82, 2.24) is 0 Å². The molecule has 0 aliphatic heterocycles. The van der Waals surface area contributed by atoms with Crippen LogP contribution in [0.15, 0.2) is 51.7 Å². The molecule has 4 rings (SSSR count). The first-order valence-electron chi connectivity index (χ1n) is 9.37. The normalized spacial score (nSPS) is 14.7. The lowest BCUT2D eigenvalue weighted by atomic mass is 9.89. The van der Waals surface area contributed by atoms with Crippen LogP contribution in [0, 0.1) is 0 Å². The Bertz CT molecular complexity index is 1020. The Kier molecular flexibility index (Phi) is 4.97. The highest BCUT2D eigenvalue weighted by atomic mass is 16.4. The molecule has 1 heterocycles. The Balaban J connectivity index is 1.67. The smallest absolute Gasteiger partial charge is 0.344 e. The summed E-state index contributed by atoms with van der Waals surface area (Å²) >= 11 is 0. The molecule has 27 heavy (non-hydrogen) atoms. The monoisotopic (exact) mass is 365 g/mol. The summed E-state index contributed by atoms with van der Waals surface area (Å²) in [5.41, 5.74) is 5.05. The average molecular weight is 365 g/mol. The van der Waals surface area contributed by atoms with Crippen LogP contribution in [-0.4, -0.2) is 29.5 Å². The van der Waals surface area contributed by atoms with Gasteiger partial charge in [0.2, 0.25) is 0 Å². The van der Waals surface area contributed by atoms with Crippen LogP contribution in [0.5, 0.6) is 0 Å². The third kappa shape index (κ3) is 3.75. The van der Waals surface area contributed by atoms with Crippen LogP contribution in [0.4, 0.5) is 5.69 Å². The Morgan fingerprint density at radius 1 is 1.04 bits per heavy atom. The van der Waals surface area contributed by atoms with Gasteiger partial charge in [-0.25, -0.2) is 4.79 Å². The first-order valence-corrected chi connectivity index (χ1v) is 9.37. The maximum Gasteiger partial charge on any atom is 0.344 e. The van der Waals surface area contributed by atoms with Gasteiger partial charge in [-0.1, -0.05) is 18.2 Å². The van der Waals surface area contributed by atoms with Crippen LogP contribution in [-0.2, 0) is 12.8 Å². The second-order valence-corrected chi connectivity index (χ2v) is 7.11. The molecule has 0 spiro atoms. The predicted octanol–water partition coefficient (Wildman–Crippen LogP) is 3.10. The molecule has 0 saturated heterocycles. The standard InChI is InChI=1S/C22H23NO4/c24-13-19(25)12-23-18-8-7-17-10-20(22(26)27-21(17)11-18)16-6-5-14-3-1-2-4-15(14)9-16/h5-11,19,23-25H,1-4,12-13H2. The second kappa shape index (κ2) is 7.55. The third-order valence-corrected chi connectivity index (χ3v) is 5.15. The molecule has 5 heteroatoms. The number of aryl methyl sites for hydroxylation is 2. The van der Waals surface area contributed by atoms with Gasteiger partial charge in [0, 0.05) is 23.7 Å². The SMILES string of the molecule is O=c1oc2cc(NCC(O)CO)ccc2cc1-c1ccc2c(c1)CCCC2. The van der Waals surface area contributed by atoms with Crippen molar-refractivity contribution in [2.24, 2.45) is 0 Å². The molecule has 1 atom stereocenters. The summed E-state index contributed by atoms with van der Waals surface area (Å²) < 4.78 is 5.56. The van der Waals surface area contributed by atoms with Crippen molar-refractivity contribution in [1.29, 1.82) is 0 Å². The maximum absolute atomic E-state index is 12.6. The Morgan fingerprint density at radius 2 is 1.85 bits per heavy atom. The largest absolute Gasteiger partial charge is 0.422 e. The lowest BCUT2D eigenvalue weighted by molar-refractivity contribution is 0.105. The van der Waals surface area contributed by atoms with Crippen LogP contribution >= 0.6 is 0 Å². The van der Waals surface area contributed by atoms with Crippen LogP contribution in [0.1, 0.15) is 24.0 Å². The average Bonchev–Trinajstić information content (AvgIpc) is 2.71. The van der Waals surface area contributed by atoms with E-state index >= 15 is 0 Å². The van der Waals surface area contributed by atoms with E-state index in [2.05, 4.69) is 17.4 Å².